The summed E-state index contributed by atoms with van der Waals surface area (Å²) in [7, 11) is 0. The molecule has 0 aliphatic rings. The van der Waals surface area contributed by atoms with E-state index in [0.29, 0.717) is 26.3 Å². The molecule has 0 unspecified atom stereocenters. The Morgan fingerprint density at radius 3 is 1.23 bits per heavy atom. The largest absolute Gasteiger partial charge is 0.375 e. The molecular formula is C32H30N6O+2. The Balaban J connectivity index is 1.12. The fraction of sp³-hybridized carbons (Fsp3) is 0.125. The van der Waals surface area contributed by atoms with E-state index in [2.05, 4.69) is 57.7 Å². The van der Waals surface area contributed by atoms with E-state index in [1.165, 1.54) is 0 Å². The molecule has 0 bridgehead atoms. The van der Waals surface area contributed by atoms with Gasteiger partial charge in [-0.15, -0.1) is 9.36 Å². The first kappa shape index (κ1) is 24.5. The number of ether oxygens (including phenoxy) is 1. The van der Waals surface area contributed by atoms with E-state index < -0.39 is 0 Å². The average molecular weight is 515 g/mol. The number of hydrogen-bond acceptors (Lipinski definition) is 3. The molecule has 39 heavy (non-hydrogen) atoms. The van der Waals surface area contributed by atoms with Crippen molar-refractivity contribution in [2.45, 2.75) is 13.1 Å². The summed E-state index contributed by atoms with van der Waals surface area (Å²) in [5.41, 5.74) is 4.28. The van der Waals surface area contributed by atoms with Gasteiger partial charge in [0.2, 0.25) is 12.7 Å². The van der Waals surface area contributed by atoms with Gasteiger partial charge in [0.25, 0.3) is 0 Å². The third kappa shape index (κ3) is 5.68. The van der Waals surface area contributed by atoms with Crippen molar-refractivity contribution in [1.82, 2.24) is 19.6 Å². The molecule has 0 saturated carbocycles. The van der Waals surface area contributed by atoms with Crippen LogP contribution in [0.5, 0.6) is 0 Å². The van der Waals surface area contributed by atoms with Crippen molar-refractivity contribution in [3.63, 3.8) is 0 Å². The average Bonchev–Trinajstić information content (AvgIpc) is 3.64. The quantitative estimate of drug-likeness (QED) is 0.197. The van der Waals surface area contributed by atoms with E-state index in [1.807, 2.05) is 94.8 Å². The fourth-order valence-corrected chi connectivity index (χ4v) is 4.52. The number of hydrogen-bond donors (Lipinski definition) is 0. The first-order chi connectivity index (χ1) is 19.3. The lowest BCUT2D eigenvalue weighted by Gasteiger charge is -1.99. The monoisotopic (exact) mass is 514 g/mol. The molecule has 0 saturated heterocycles. The predicted molar refractivity (Wildman–Crippen MR) is 149 cm³/mol. The number of rotatable bonds is 10. The zero-order chi connectivity index (χ0) is 26.3. The molecule has 6 rings (SSSR count). The van der Waals surface area contributed by atoms with E-state index in [9.17, 15) is 0 Å². The van der Waals surface area contributed by atoms with Gasteiger partial charge in [0.15, 0.2) is 0 Å². The Morgan fingerprint density at radius 1 is 0.487 bits per heavy atom. The molecular weight excluding hydrogens is 484 g/mol. The van der Waals surface area contributed by atoms with E-state index >= 15 is 0 Å². The molecule has 0 aliphatic carbocycles. The van der Waals surface area contributed by atoms with Crippen molar-refractivity contribution in [3.05, 3.63) is 134 Å². The van der Waals surface area contributed by atoms with Crippen LogP contribution in [0.2, 0.25) is 0 Å². The maximum absolute atomic E-state index is 6.02. The SMILES string of the molecule is c1ccc(-c2nn(CCOCCn3c[n+](-c4ccccc4)c(-c4ccccc4)n3)c[n+]2-c2ccccc2)cc1. The standard InChI is InChI=1S/C32H30N6O/c1-5-13-27(14-6-1)31-33-35(25-37(31)29-17-9-3-10-18-29)21-23-39-24-22-36-26-38(30-19-11-4-12-20-30)32(34-36)28-15-7-2-8-16-28/h1-20,25-26H,21-24H2/q+2. The van der Waals surface area contributed by atoms with Crippen molar-refractivity contribution < 1.29 is 13.9 Å². The molecule has 4 aromatic carbocycles. The summed E-state index contributed by atoms with van der Waals surface area (Å²) in [6.45, 7) is 2.41. The number of para-hydroxylation sites is 2. The van der Waals surface area contributed by atoms with Gasteiger partial charge in [-0.1, -0.05) is 72.8 Å². The van der Waals surface area contributed by atoms with Crippen LogP contribution in [0.25, 0.3) is 34.2 Å². The molecule has 2 heterocycles. The second-order valence-corrected chi connectivity index (χ2v) is 9.16. The van der Waals surface area contributed by atoms with Crippen molar-refractivity contribution in [3.8, 4) is 34.2 Å². The summed E-state index contributed by atoms with van der Waals surface area (Å²) in [5, 5.41) is 9.75. The highest BCUT2D eigenvalue weighted by Gasteiger charge is 2.21. The minimum Gasteiger partial charge on any atom is -0.375 e. The minimum atomic E-state index is 0.552. The number of aromatic nitrogens is 6. The van der Waals surface area contributed by atoms with Crippen molar-refractivity contribution in [1.29, 1.82) is 0 Å². The lowest BCUT2D eigenvalue weighted by molar-refractivity contribution is -0.585. The Morgan fingerprint density at radius 2 is 0.846 bits per heavy atom. The van der Waals surface area contributed by atoms with Gasteiger partial charge in [-0.05, 0) is 48.5 Å². The van der Waals surface area contributed by atoms with E-state index in [1.54, 1.807) is 0 Å². The lowest BCUT2D eigenvalue weighted by Crippen LogP contribution is -2.31. The summed E-state index contributed by atoms with van der Waals surface area (Å²) in [6, 6.07) is 41.1. The molecule has 0 radical (unpaired) electrons. The highest BCUT2D eigenvalue weighted by atomic mass is 16.5. The highest BCUT2D eigenvalue weighted by Crippen LogP contribution is 2.15. The Hall–Kier alpha value is -4.88. The molecule has 2 aromatic heterocycles. The van der Waals surface area contributed by atoms with Gasteiger partial charge in [-0.3, -0.25) is 0 Å². The molecule has 7 heteroatoms. The van der Waals surface area contributed by atoms with Crippen LogP contribution in [0.4, 0.5) is 0 Å². The molecule has 0 amide bonds. The predicted octanol–water partition coefficient (Wildman–Crippen LogP) is 4.68. The normalized spacial score (nSPS) is 11.1. The van der Waals surface area contributed by atoms with Crippen molar-refractivity contribution in [2.24, 2.45) is 0 Å². The van der Waals surface area contributed by atoms with Gasteiger partial charge < -0.3 is 4.74 Å². The van der Waals surface area contributed by atoms with Crippen LogP contribution in [0.15, 0.2) is 134 Å². The minimum absolute atomic E-state index is 0.552. The number of benzene rings is 4. The maximum Gasteiger partial charge on any atom is 0.313 e. The van der Waals surface area contributed by atoms with E-state index in [0.717, 1.165) is 34.2 Å². The highest BCUT2D eigenvalue weighted by molar-refractivity contribution is 5.52. The zero-order valence-corrected chi connectivity index (χ0v) is 21.6. The van der Waals surface area contributed by atoms with Crippen LogP contribution in [0, 0.1) is 0 Å². The van der Waals surface area contributed by atoms with E-state index in [4.69, 9.17) is 14.9 Å². The Labute approximate surface area is 227 Å². The summed E-state index contributed by atoms with van der Waals surface area (Å²) in [6.07, 6.45) is 4.06. The fourth-order valence-electron chi connectivity index (χ4n) is 4.52. The zero-order valence-electron chi connectivity index (χ0n) is 21.6. The molecule has 6 aromatic rings. The van der Waals surface area contributed by atoms with Gasteiger partial charge >= 0.3 is 11.6 Å². The van der Waals surface area contributed by atoms with Crippen LogP contribution in [-0.4, -0.2) is 32.8 Å². The Bertz CT molecular complexity index is 1380. The second kappa shape index (κ2) is 11.7. The summed E-state index contributed by atoms with van der Waals surface area (Å²) < 4.78 is 14.1. The van der Waals surface area contributed by atoms with Gasteiger partial charge in [-0.25, -0.2) is 0 Å². The van der Waals surface area contributed by atoms with Crippen LogP contribution in [-0.2, 0) is 17.8 Å². The Kier molecular flexibility index (Phi) is 7.32. The van der Waals surface area contributed by atoms with Gasteiger partial charge in [0.05, 0.1) is 24.3 Å². The molecule has 7 nitrogen and oxygen atoms in total. The smallest absolute Gasteiger partial charge is 0.313 e. The summed E-state index contributed by atoms with van der Waals surface area (Å²) in [5.74, 6) is 1.80. The van der Waals surface area contributed by atoms with E-state index in [-0.39, 0.29) is 0 Å². The van der Waals surface area contributed by atoms with Crippen LogP contribution < -0.4 is 9.13 Å². The van der Waals surface area contributed by atoms with Gasteiger partial charge in [0, 0.05) is 10.2 Å². The molecule has 0 fully saturated rings. The summed E-state index contributed by atoms with van der Waals surface area (Å²) in [4.78, 5) is 0. The lowest BCUT2D eigenvalue weighted by atomic mass is 10.2. The molecule has 0 spiro atoms. The maximum atomic E-state index is 6.02. The first-order valence-electron chi connectivity index (χ1n) is 13.1. The molecule has 0 atom stereocenters. The third-order valence-corrected chi connectivity index (χ3v) is 6.46. The first-order valence-corrected chi connectivity index (χ1v) is 13.1. The van der Waals surface area contributed by atoms with Crippen LogP contribution in [0.1, 0.15) is 0 Å². The molecule has 192 valence electrons. The van der Waals surface area contributed by atoms with Crippen LogP contribution in [0.3, 0.4) is 0 Å². The second-order valence-electron chi connectivity index (χ2n) is 9.16. The van der Waals surface area contributed by atoms with Gasteiger partial charge in [-0.2, -0.15) is 9.13 Å². The third-order valence-electron chi connectivity index (χ3n) is 6.46. The van der Waals surface area contributed by atoms with Gasteiger partial charge in [0.1, 0.15) is 24.5 Å². The molecule has 0 N–H and O–H groups in total. The molecule has 0 aliphatic heterocycles. The topological polar surface area (TPSA) is 52.6 Å². The summed E-state index contributed by atoms with van der Waals surface area (Å²) >= 11 is 0. The van der Waals surface area contributed by atoms with Crippen LogP contribution >= 0.6 is 0 Å². The number of nitrogens with zero attached hydrogens (tertiary/aromatic N) is 6. The van der Waals surface area contributed by atoms with Crippen molar-refractivity contribution >= 4 is 0 Å². The van der Waals surface area contributed by atoms with Crippen molar-refractivity contribution in [2.75, 3.05) is 13.2 Å².